The van der Waals surface area contributed by atoms with Gasteiger partial charge >= 0.3 is 12.0 Å². The monoisotopic (exact) mass is 623 g/mol. The second kappa shape index (κ2) is 12.1. The first-order chi connectivity index (χ1) is 20.4. The Morgan fingerprint density at radius 3 is 2.53 bits per heavy atom. The van der Waals surface area contributed by atoms with Crippen LogP contribution in [0.1, 0.15) is 66.5 Å². The lowest BCUT2D eigenvalue weighted by molar-refractivity contribution is -0.136. The second-order valence-corrected chi connectivity index (χ2v) is 12.3. The minimum Gasteiger partial charge on any atom is -0.487 e. The van der Waals surface area contributed by atoms with Crippen LogP contribution in [-0.2, 0) is 9.59 Å². The maximum atomic E-state index is 14.3. The molecule has 2 atom stereocenters. The van der Waals surface area contributed by atoms with Gasteiger partial charge in [-0.2, -0.15) is 0 Å². The topological polar surface area (TPSA) is 142 Å². The number of aliphatic imine (C=N–C) groups is 1. The van der Waals surface area contributed by atoms with E-state index >= 15 is 0 Å². The van der Waals surface area contributed by atoms with Gasteiger partial charge in [0.15, 0.2) is 5.78 Å². The summed E-state index contributed by atoms with van der Waals surface area (Å²) in [6, 6.07) is 10.1. The molecule has 13 heteroatoms. The Labute approximate surface area is 257 Å². The summed E-state index contributed by atoms with van der Waals surface area (Å²) in [5.41, 5.74) is 2.95. The van der Waals surface area contributed by atoms with Crippen molar-refractivity contribution < 1.29 is 29.0 Å². The maximum Gasteiger partial charge on any atom is 0.326 e. The van der Waals surface area contributed by atoms with Crippen molar-refractivity contribution in [1.82, 2.24) is 20.1 Å². The number of carboxylic acids is 1. The molecular weight excluding hydrogens is 594 g/mol. The molecule has 1 saturated heterocycles. The summed E-state index contributed by atoms with van der Waals surface area (Å²) in [6.45, 7) is 6.00. The molecule has 0 bridgehead atoms. The summed E-state index contributed by atoms with van der Waals surface area (Å²) in [7, 11) is 0. The molecule has 3 aromatic rings. The zero-order chi connectivity index (χ0) is 30.9. The molecule has 5 rings (SSSR count). The number of benzene rings is 2. The molecule has 2 aromatic carbocycles. The van der Waals surface area contributed by atoms with E-state index in [1.165, 1.54) is 33.3 Å². The number of ether oxygens (including phenoxy) is 1. The second-order valence-electron chi connectivity index (χ2n) is 11.2. The van der Waals surface area contributed by atoms with E-state index in [0.717, 1.165) is 5.56 Å². The maximum absolute atomic E-state index is 14.3. The number of urea groups is 1. The minimum atomic E-state index is -1.24. The number of hydrogen-bond acceptors (Lipinski definition) is 8. The number of ketones is 1. The van der Waals surface area contributed by atoms with Crippen LogP contribution in [0.4, 0.5) is 4.79 Å². The van der Waals surface area contributed by atoms with Crippen molar-refractivity contribution in [2.24, 2.45) is 4.99 Å². The molecule has 224 valence electrons. The molecule has 11 nitrogen and oxygen atoms in total. The van der Waals surface area contributed by atoms with Crippen LogP contribution in [-0.4, -0.2) is 74.7 Å². The molecule has 0 aliphatic carbocycles. The van der Waals surface area contributed by atoms with E-state index in [9.17, 15) is 24.3 Å². The van der Waals surface area contributed by atoms with Gasteiger partial charge in [0.05, 0.1) is 16.8 Å². The van der Waals surface area contributed by atoms with Crippen LogP contribution in [0.15, 0.2) is 58.3 Å². The summed E-state index contributed by atoms with van der Waals surface area (Å²) in [5, 5.41) is 14.3. The van der Waals surface area contributed by atoms with Gasteiger partial charge in [-0.25, -0.2) is 9.78 Å². The zero-order valence-electron chi connectivity index (χ0n) is 23.7. The SMILES string of the molecule is CC(C)(C)Oc1cc(C(=O)CC(=O)O)ccc1C1=NC(c2ccc(Cl)cc2)C(c2cscn2)N1C(=O)N1CCNC(=O)C1. The predicted molar refractivity (Wildman–Crippen MR) is 161 cm³/mol. The normalized spacial score (nSPS) is 18.7. The van der Waals surface area contributed by atoms with Crippen molar-refractivity contribution in [3.05, 3.63) is 80.8 Å². The van der Waals surface area contributed by atoms with Crippen molar-refractivity contribution in [2.75, 3.05) is 19.6 Å². The number of carboxylic acid groups (broad SMARTS) is 1. The van der Waals surface area contributed by atoms with Gasteiger partial charge in [-0.15, -0.1) is 11.3 Å². The van der Waals surface area contributed by atoms with Crippen molar-refractivity contribution in [1.29, 1.82) is 0 Å². The van der Waals surface area contributed by atoms with E-state index in [4.69, 9.17) is 21.3 Å². The van der Waals surface area contributed by atoms with Crippen LogP contribution in [0.2, 0.25) is 5.02 Å². The number of thiazole rings is 1. The molecule has 1 fully saturated rings. The van der Waals surface area contributed by atoms with Crippen molar-refractivity contribution in [2.45, 2.75) is 44.9 Å². The third-order valence-electron chi connectivity index (χ3n) is 6.82. The number of rotatable bonds is 7. The first kappa shape index (κ1) is 30.2. The average molecular weight is 624 g/mol. The summed E-state index contributed by atoms with van der Waals surface area (Å²) in [4.78, 5) is 63.2. The Morgan fingerprint density at radius 2 is 1.91 bits per heavy atom. The molecular formula is C30H30ClN5O6S. The third-order valence-corrected chi connectivity index (χ3v) is 7.68. The van der Waals surface area contributed by atoms with Crippen molar-refractivity contribution in [3.63, 3.8) is 0 Å². The average Bonchev–Trinajstić information content (AvgIpc) is 3.60. The highest BCUT2D eigenvalue weighted by molar-refractivity contribution is 7.07. The Hall–Kier alpha value is -4.29. The Balaban J connectivity index is 1.69. The third kappa shape index (κ3) is 6.70. The van der Waals surface area contributed by atoms with Crippen LogP contribution in [0, 0.1) is 0 Å². The fourth-order valence-corrected chi connectivity index (χ4v) is 5.72. The van der Waals surface area contributed by atoms with Gasteiger partial charge in [-0.3, -0.25) is 24.3 Å². The van der Waals surface area contributed by atoms with E-state index in [2.05, 4.69) is 10.3 Å². The first-order valence-corrected chi connectivity index (χ1v) is 14.9. The van der Waals surface area contributed by atoms with Crippen LogP contribution in [0.25, 0.3) is 0 Å². The number of aliphatic carboxylic acids is 1. The van der Waals surface area contributed by atoms with E-state index in [1.54, 1.807) is 23.7 Å². The largest absolute Gasteiger partial charge is 0.487 e. The summed E-state index contributed by atoms with van der Waals surface area (Å²) in [6.07, 6.45) is -0.679. The fraction of sp³-hybridized carbons (Fsp3) is 0.333. The van der Waals surface area contributed by atoms with Gasteiger partial charge in [-0.1, -0.05) is 29.8 Å². The van der Waals surface area contributed by atoms with Gasteiger partial charge in [-0.05, 0) is 50.6 Å². The summed E-state index contributed by atoms with van der Waals surface area (Å²) >= 11 is 7.58. The number of nitrogens with one attached hydrogen (secondary N) is 1. The smallest absolute Gasteiger partial charge is 0.326 e. The van der Waals surface area contributed by atoms with Crippen molar-refractivity contribution >= 4 is 52.5 Å². The number of aromatic nitrogens is 1. The summed E-state index contributed by atoms with van der Waals surface area (Å²) < 4.78 is 6.29. The lowest BCUT2D eigenvalue weighted by Gasteiger charge is -2.35. The van der Waals surface area contributed by atoms with Crippen LogP contribution in [0.5, 0.6) is 5.75 Å². The number of hydrogen-bond donors (Lipinski definition) is 2. The van der Waals surface area contributed by atoms with Gasteiger partial charge in [0.25, 0.3) is 0 Å². The van der Waals surface area contributed by atoms with E-state index < -0.39 is 41.9 Å². The molecule has 0 spiro atoms. The van der Waals surface area contributed by atoms with Gasteiger partial charge < -0.3 is 20.1 Å². The number of nitrogens with zero attached hydrogens (tertiary/aromatic N) is 4. The Bertz CT molecular complexity index is 1590. The van der Waals surface area contributed by atoms with Gasteiger partial charge in [0, 0.05) is 29.1 Å². The highest BCUT2D eigenvalue weighted by Gasteiger charge is 2.46. The fourth-order valence-electron chi connectivity index (χ4n) is 5.01. The van der Waals surface area contributed by atoms with E-state index in [1.807, 2.05) is 38.3 Å². The highest BCUT2D eigenvalue weighted by Crippen LogP contribution is 2.45. The minimum absolute atomic E-state index is 0.119. The number of carbonyl (C=O) groups is 4. The molecule has 2 aliphatic rings. The van der Waals surface area contributed by atoms with Gasteiger partial charge in [0.2, 0.25) is 5.91 Å². The predicted octanol–water partition coefficient (Wildman–Crippen LogP) is 4.73. The zero-order valence-corrected chi connectivity index (χ0v) is 25.3. The molecule has 0 saturated carbocycles. The molecule has 1 aromatic heterocycles. The number of amidine groups is 1. The van der Waals surface area contributed by atoms with Crippen LogP contribution < -0.4 is 10.1 Å². The van der Waals surface area contributed by atoms with Gasteiger partial charge in [0.1, 0.15) is 42.2 Å². The first-order valence-electron chi connectivity index (χ1n) is 13.6. The number of amides is 3. The van der Waals surface area contributed by atoms with Crippen LogP contribution >= 0.6 is 22.9 Å². The molecule has 2 unspecified atom stereocenters. The number of piperazine rings is 1. The highest BCUT2D eigenvalue weighted by atomic mass is 35.5. The molecule has 3 amide bonds. The number of carbonyl (C=O) groups excluding carboxylic acids is 3. The molecule has 43 heavy (non-hydrogen) atoms. The standard InChI is InChI=1S/C30H30ClN5O6S/c1-30(2,3)42-23-12-18(22(37)13-25(39)40)6-9-20(23)28-34-26(17-4-7-19(31)8-5-17)27(21-15-43-16-33-21)36(28)29(41)35-11-10-32-24(38)14-35/h4-9,12,15-16,26-27H,10-11,13-14H2,1-3H3,(H,32,38)(H,39,40). The molecule has 0 radical (unpaired) electrons. The lowest BCUT2D eigenvalue weighted by Crippen LogP contribution is -2.55. The summed E-state index contributed by atoms with van der Waals surface area (Å²) in [5.74, 6) is -1.57. The Morgan fingerprint density at radius 1 is 1.16 bits per heavy atom. The lowest BCUT2D eigenvalue weighted by atomic mass is 9.98. The molecule has 3 heterocycles. The Kier molecular flexibility index (Phi) is 8.52. The number of halogens is 1. The van der Waals surface area contributed by atoms with Crippen LogP contribution in [0.3, 0.4) is 0 Å². The molecule has 2 aliphatic heterocycles. The number of Topliss-reactive ketones (excluding diaryl/α,β-unsaturated/α-hetero) is 1. The van der Waals surface area contributed by atoms with E-state index in [0.29, 0.717) is 29.4 Å². The van der Waals surface area contributed by atoms with Crippen molar-refractivity contribution in [3.8, 4) is 5.75 Å². The molecule has 2 N–H and O–H groups in total. The van der Waals surface area contributed by atoms with E-state index in [-0.39, 0.29) is 29.6 Å². The quantitative estimate of drug-likeness (QED) is 0.286.